The van der Waals surface area contributed by atoms with Crippen LogP contribution in [0.5, 0.6) is 0 Å². The molecule has 0 spiro atoms. The highest BCUT2D eigenvalue weighted by molar-refractivity contribution is 9.09. The molecule has 1 N–H and O–H groups in total. The van der Waals surface area contributed by atoms with E-state index in [0.29, 0.717) is 10.3 Å². The average Bonchev–Trinajstić information content (AvgIpc) is 2.84. The quantitative estimate of drug-likeness (QED) is 0.846. The number of benzene rings is 1. The van der Waals surface area contributed by atoms with Gasteiger partial charge in [0.2, 0.25) is 10.0 Å². The monoisotopic (exact) mass is 368 g/mol. The normalized spacial score (nSPS) is 22.8. The first-order valence-corrected chi connectivity index (χ1v) is 9.39. The van der Waals surface area contributed by atoms with Gasteiger partial charge in [0, 0.05) is 22.5 Å². The van der Waals surface area contributed by atoms with Crippen molar-refractivity contribution in [2.75, 3.05) is 0 Å². The summed E-state index contributed by atoms with van der Waals surface area (Å²) in [5.74, 6) is 0. The van der Waals surface area contributed by atoms with E-state index < -0.39 is 10.0 Å². The van der Waals surface area contributed by atoms with Crippen molar-refractivity contribution in [3.05, 3.63) is 36.0 Å². The minimum absolute atomic E-state index is 0.0389. The molecule has 4 nitrogen and oxygen atoms in total. The summed E-state index contributed by atoms with van der Waals surface area (Å²) in [5.41, 5.74) is 1.71. The predicted octanol–water partition coefficient (Wildman–Crippen LogP) is 3.14. The number of rotatable bonds is 3. The largest absolute Gasteiger partial charge is 0.256 e. The molecule has 1 fully saturated rings. The minimum atomic E-state index is -3.54. The Hall–Kier alpha value is -0.980. The van der Waals surface area contributed by atoms with Gasteiger partial charge in [-0.25, -0.2) is 13.1 Å². The van der Waals surface area contributed by atoms with E-state index in [4.69, 9.17) is 0 Å². The van der Waals surface area contributed by atoms with Crippen LogP contribution in [0.15, 0.2) is 35.4 Å². The van der Waals surface area contributed by atoms with Gasteiger partial charge in [0.25, 0.3) is 0 Å². The molecule has 0 saturated heterocycles. The number of aromatic nitrogens is 1. The molecule has 0 bridgehead atoms. The Morgan fingerprint density at radius 2 is 2.10 bits per heavy atom. The van der Waals surface area contributed by atoms with Crippen LogP contribution in [0.4, 0.5) is 0 Å². The molecule has 3 rings (SSSR count). The van der Waals surface area contributed by atoms with E-state index in [1.54, 1.807) is 18.3 Å². The van der Waals surface area contributed by atoms with Gasteiger partial charge in [-0.15, -0.1) is 0 Å². The summed E-state index contributed by atoms with van der Waals surface area (Å²) in [5, 5.41) is 0.675. The average molecular weight is 369 g/mol. The fourth-order valence-electron chi connectivity index (χ4n) is 2.83. The molecule has 2 unspecified atom stereocenters. The minimum Gasteiger partial charge on any atom is -0.256 e. The van der Waals surface area contributed by atoms with Crippen molar-refractivity contribution in [2.24, 2.45) is 0 Å². The van der Waals surface area contributed by atoms with E-state index in [2.05, 4.69) is 25.6 Å². The molecule has 0 radical (unpaired) electrons. The van der Waals surface area contributed by atoms with Gasteiger partial charge in [0.1, 0.15) is 0 Å². The fraction of sp³-hybridized carbons (Fsp3) is 0.400. The summed E-state index contributed by atoms with van der Waals surface area (Å²) in [4.78, 5) is 4.82. The highest BCUT2D eigenvalue weighted by Gasteiger charge is 2.30. The van der Waals surface area contributed by atoms with Crippen LogP contribution in [-0.4, -0.2) is 24.3 Å². The lowest BCUT2D eigenvalue weighted by atomic mass is 10.1. The summed E-state index contributed by atoms with van der Waals surface area (Å²) in [6, 6.07) is 7.01. The highest BCUT2D eigenvalue weighted by Crippen LogP contribution is 2.29. The molecular formula is C15H17BrN2O2S. The van der Waals surface area contributed by atoms with Gasteiger partial charge in [0.15, 0.2) is 0 Å². The maximum Gasteiger partial charge on any atom is 0.241 e. The van der Waals surface area contributed by atoms with Crippen LogP contribution in [0.25, 0.3) is 10.9 Å². The third-order valence-electron chi connectivity index (χ3n) is 3.96. The Balaban J connectivity index is 2.05. The van der Waals surface area contributed by atoms with Crippen molar-refractivity contribution < 1.29 is 8.42 Å². The second-order valence-corrected chi connectivity index (χ2v) is 8.31. The van der Waals surface area contributed by atoms with Crippen molar-refractivity contribution in [2.45, 2.75) is 42.0 Å². The smallest absolute Gasteiger partial charge is 0.241 e. The first-order chi connectivity index (χ1) is 9.99. The SMILES string of the molecule is Cc1ccc(S(=O)(=O)NC2CCCC2Br)c2cccnc12. The van der Waals surface area contributed by atoms with E-state index in [0.717, 1.165) is 30.3 Å². The Kier molecular flexibility index (Phi) is 4.03. The van der Waals surface area contributed by atoms with Crippen molar-refractivity contribution in [1.82, 2.24) is 9.71 Å². The standard InChI is InChI=1S/C15H17BrN2O2S/c1-10-7-8-14(11-4-3-9-17-15(10)11)21(19,20)18-13-6-2-5-12(13)16/h3-4,7-9,12-13,18H,2,5-6H2,1H3. The molecule has 0 amide bonds. The van der Waals surface area contributed by atoms with Crippen LogP contribution in [-0.2, 0) is 10.0 Å². The van der Waals surface area contributed by atoms with Crippen LogP contribution < -0.4 is 4.72 Å². The van der Waals surface area contributed by atoms with Crippen molar-refractivity contribution in [3.63, 3.8) is 0 Å². The molecule has 1 heterocycles. The van der Waals surface area contributed by atoms with Crippen molar-refractivity contribution in [3.8, 4) is 0 Å². The molecule has 112 valence electrons. The molecule has 6 heteroatoms. The lowest BCUT2D eigenvalue weighted by molar-refractivity contribution is 0.557. The zero-order valence-corrected chi connectivity index (χ0v) is 14.1. The van der Waals surface area contributed by atoms with Gasteiger partial charge in [-0.1, -0.05) is 28.4 Å². The number of hydrogen-bond donors (Lipinski definition) is 1. The summed E-state index contributed by atoms with van der Waals surface area (Å²) in [6.07, 6.45) is 4.60. The lowest BCUT2D eigenvalue weighted by Gasteiger charge is -2.17. The second kappa shape index (κ2) is 5.66. The van der Waals surface area contributed by atoms with Gasteiger partial charge in [-0.3, -0.25) is 4.98 Å². The summed E-state index contributed by atoms with van der Waals surface area (Å²) in [6.45, 7) is 1.94. The van der Waals surface area contributed by atoms with Crippen LogP contribution >= 0.6 is 15.9 Å². The summed E-state index contributed by atoms with van der Waals surface area (Å²) in [7, 11) is -3.54. The van der Waals surface area contributed by atoms with Crippen LogP contribution in [0.1, 0.15) is 24.8 Å². The first-order valence-electron chi connectivity index (χ1n) is 7.00. The van der Waals surface area contributed by atoms with E-state index in [1.807, 2.05) is 19.1 Å². The topological polar surface area (TPSA) is 59.1 Å². The van der Waals surface area contributed by atoms with Crippen LogP contribution in [0, 0.1) is 6.92 Å². The first kappa shape index (κ1) is 14.9. The third-order valence-corrected chi connectivity index (χ3v) is 6.60. The van der Waals surface area contributed by atoms with Gasteiger partial charge in [-0.05, 0) is 43.5 Å². The lowest BCUT2D eigenvalue weighted by Crippen LogP contribution is -2.37. The van der Waals surface area contributed by atoms with E-state index in [9.17, 15) is 8.42 Å². The Morgan fingerprint density at radius 3 is 2.81 bits per heavy atom. The predicted molar refractivity (Wildman–Crippen MR) is 87.2 cm³/mol. The number of nitrogens with zero attached hydrogens (tertiary/aromatic N) is 1. The Labute approximate surface area is 133 Å². The van der Waals surface area contributed by atoms with Crippen molar-refractivity contribution >= 4 is 36.9 Å². The summed E-state index contributed by atoms with van der Waals surface area (Å²) >= 11 is 3.55. The molecule has 1 saturated carbocycles. The molecule has 1 aliphatic carbocycles. The maximum absolute atomic E-state index is 12.7. The Morgan fingerprint density at radius 1 is 1.29 bits per heavy atom. The second-order valence-electron chi connectivity index (χ2n) is 5.45. The van der Waals surface area contributed by atoms with Gasteiger partial charge < -0.3 is 0 Å². The number of aryl methyl sites for hydroxylation is 1. The third kappa shape index (κ3) is 2.84. The van der Waals surface area contributed by atoms with Crippen molar-refractivity contribution in [1.29, 1.82) is 0 Å². The van der Waals surface area contributed by atoms with Crippen LogP contribution in [0.3, 0.4) is 0 Å². The molecule has 1 aromatic heterocycles. The summed E-state index contributed by atoms with van der Waals surface area (Å²) < 4.78 is 28.2. The number of fused-ring (bicyclic) bond motifs is 1. The number of nitrogens with one attached hydrogen (secondary N) is 1. The highest BCUT2D eigenvalue weighted by atomic mass is 79.9. The number of hydrogen-bond acceptors (Lipinski definition) is 3. The molecule has 0 aliphatic heterocycles. The molecule has 2 atom stereocenters. The van der Waals surface area contributed by atoms with E-state index in [1.165, 1.54) is 0 Å². The van der Waals surface area contributed by atoms with E-state index in [-0.39, 0.29) is 10.9 Å². The van der Waals surface area contributed by atoms with Gasteiger partial charge in [-0.2, -0.15) is 0 Å². The molecule has 21 heavy (non-hydrogen) atoms. The number of alkyl halides is 1. The fourth-order valence-corrected chi connectivity index (χ4v) is 5.24. The Bertz CT molecular complexity index is 776. The number of sulfonamides is 1. The number of pyridine rings is 1. The number of halogens is 1. The molecule has 1 aliphatic rings. The maximum atomic E-state index is 12.7. The molecular weight excluding hydrogens is 352 g/mol. The molecule has 1 aromatic carbocycles. The van der Waals surface area contributed by atoms with Gasteiger partial charge >= 0.3 is 0 Å². The van der Waals surface area contributed by atoms with Gasteiger partial charge in [0.05, 0.1) is 10.4 Å². The zero-order valence-electron chi connectivity index (χ0n) is 11.7. The molecule has 2 aromatic rings. The zero-order chi connectivity index (χ0) is 15.0. The van der Waals surface area contributed by atoms with Crippen LogP contribution in [0.2, 0.25) is 0 Å². The van der Waals surface area contributed by atoms with E-state index >= 15 is 0 Å².